The third kappa shape index (κ3) is 5.68. The van der Waals surface area contributed by atoms with Crippen LogP contribution in [0.2, 0.25) is 0 Å². The van der Waals surface area contributed by atoms with Crippen LogP contribution in [0.5, 0.6) is 0 Å². The van der Waals surface area contributed by atoms with Crippen molar-refractivity contribution >= 4 is 23.1 Å². The SMILES string of the molecule is CC(C)(C)OC(=O)N1CCN(CCc2nc(-c3ccc(N)cc3)cs2)CC1. The highest BCUT2D eigenvalue weighted by atomic mass is 32.1. The van der Waals surface area contributed by atoms with E-state index in [1.165, 1.54) is 0 Å². The van der Waals surface area contributed by atoms with Crippen molar-refractivity contribution in [2.24, 2.45) is 0 Å². The molecule has 1 aromatic carbocycles. The van der Waals surface area contributed by atoms with Crippen molar-refractivity contribution in [3.8, 4) is 11.3 Å². The molecule has 146 valence electrons. The lowest BCUT2D eigenvalue weighted by atomic mass is 10.1. The lowest BCUT2D eigenvalue weighted by molar-refractivity contribution is 0.0146. The molecule has 2 heterocycles. The van der Waals surface area contributed by atoms with Crippen LogP contribution < -0.4 is 5.73 Å². The van der Waals surface area contributed by atoms with E-state index in [9.17, 15) is 4.79 Å². The molecule has 1 aliphatic rings. The number of benzene rings is 1. The van der Waals surface area contributed by atoms with Crippen molar-refractivity contribution in [3.05, 3.63) is 34.7 Å². The molecule has 0 radical (unpaired) electrons. The fraction of sp³-hybridized carbons (Fsp3) is 0.500. The summed E-state index contributed by atoms with van der Waals surface area (Å²) in [5.74, 6) is 0. The molecule has 2 aromatic rings. The first-order valence-corrected chi connectivity index (χ1v) is 10.2. The zero-order valence-corrected chi connectivity index (χ0v) is 17.1. The molecule has 1 saturated heterocycles. The van der Waals surface area contributed by atoms with Gasteiger partial charge in [-0.15, -0.1) is 11.3 Å². The van der Waals surface area contributed by atoms with Gasteiger partial charge in [0.1, 0.15) is 5.60 Å². The van der Waals surface area contributed by atoms with Gasteiger partial charge in [0.25, 0.3) is 0 Å². The summed E-state index contributed by atoms with van der Waals surface area (Å²) in [5, 5.41) is 3.23. The van der Waals surface area contributed by atoms with E-state index in [0.717, 1.165) is 48.0 Å². The minimum Gasteiger partial charge on any atom is -0.444 e. The van der Waals surface area contributed by atoms with Crippen molar-refractivity contribution in [3.63, 3.8) is 0 Å². The van der Waals surface area contributed by atoms with Gasteiger partial charge in [-0.05, 0) is 32.9 Å². The predicted molar refractivity (Wildman–Crippen MR) is 110 cm³/mol. The first-order valence-electron chi connectivity index (χ1n) is 9.31. The van der Waals surface area contributed by atoms with Crippen LogP contribution in [0.1, 0.15) is 25.8 Å². The number of anilines is 1. The highest BCUT2D eigenvalue weighted by Gasteiger charge is 2.25. The normalized spacial score (nSPS) is 15.7. The Bertz CT molecular complexity index is 759. The summed E-state index contributed by atoms with van der Waals surface area (Å²) >= 11 is 1.70. The summed E-state index contributed by atoms with van der Waals surface area (Å²) in [7, 11) is 0. The molecule has 6 nitrogen and oxygen atoms in total. The van der Waals surface area contributed by atoms with Crippen molar-refractivity contribution in [1.82, 2.24) is 14.8 Å². The van der Waals surface area contributed by atoms with Crippen molar-refractivity contribution < 1.29 is 9.53 Å². The van der Waals surface area contributed by atoms with Crippen LogP contribution in [-0.2, 0) is 11.2 Å². The first kappa shape index (κ1) is 19.6. The van der Waals surface area contributed by atoms with E-state index in [0.29, 0.717) is 13.1 Å². The van der Waals surface area contributed by atoms with Gasteiger partial charge >= 0.3 is 6.09 Å². The van der Waals surface area contributed by atoms with Crippen LogP contribution in [0, 0.1) is 0 Å². The number of carbonyl (C=O) groups is 1. The second-order valence-electron chi connectivity index (χ2n) is 7.81. The van der Waals surface area contributed by atoms with E-state index < -0.39 is 5.60 Å². The van der Waals surface area contributed by atoms with Crippen molar-refractivity contribution in [1.29, 1.82) is 0 Å². The molecule has 1 fully saturated rings. The number of carbonyl (C=O) groups excluding carboxylic acids is 1. The lowest BCUT2D eigenvalue weighted by Crippen LogP contribution is -2.50. The van der Waals surface area contributed by atoms with Gasteiger partial charge in [-0.2, -0.15) is 0 Å². The summed E-state index contributed by atoms with van der Waals surface area (Å²) in [5.41, 5.74) is 8.16. The summed E-state index contributed by atoms with van der Waals surface area (Å²) in [6.07, 6.45) is 0.710. The average Bonchev–Trinajstić information content (AvgIpc) is 3.08. The number of nitrogens with two attached hydrogens (primary N) is 1. The Morgan fingerprint density at radius 1 is 1.19 bits per heavy atom. The van der Waals surface area contributed by atoms with Crippen LogP contribution >= 0.6 is 11.3 Å². The van der Waals surface area contributed by atoms with Gasteiger partial charge in [-0.1, -0.05) is 12.1 Å². The van der Waals surface area contributed by atoms with E-state index in [2.05, 4.69) is 10.3 Å². The van der Waals surface area contributed by atoms with E-state index in [-0.39, 0.29) is 6.09 Å². The molecule has 1 aliphatic heterocycles. The molecule has 27 heavy (non-hydrogen) atoms. The summed E-state index contributed by atoms with van der Waals surface area (Å²) in [6, 6.07) is 7.81. The molecule has 0 unspecified atom stereocenters. The Morgan fingerprint density at radius 3 is 2.48 bits per heavy atom. The molecule has 3 rings (SSSR count). The third-order valence-corrected chi connectivity index (χ3v) is 5.33. The summed E-state index contributed by atoms with van der Waals surface area (Å²) in [6.45, 7) is 9.81. The second kappa shape index (κ2) is 8.27. The molecule has 0 atom stereocenters. The van der Waals surface area contributed by atoms with Gasteiger partial charge in [0.05, 0.1) is 10.7 Å². The maximum absolute atomic E-state index is 12.1. The Labute approximate surface area is 164 Å². The maximum atomic E-state index is 12.1. The Hall–Kier alpha value is -2.12. The van der Waals surface area contributed by atoms with Crippen LogP contribution in [0.25, 0.3) is 11.3 Å². The number of rotatable bonds is 4. The average molecular weight is 389 g/mol. The molecule has 2 N–H and O–H groups in total. The minimum absolute atomic E-state index is 0.213. The molecule has 1 amide bonds. The second-order valence-corrected chi connectivity index (χ2v) is 8.75. The number of aromatic nitrogens is 1. The number of hydrogen-bond acceptors (Lipinski definition) is 6. The zero-order chi connectivity index (χ0) is 19.4. The Balaban J connectivity index is 1.45. The predicted octanol–water partition coefficient (Wildman–Crippen LogP) is 3.49. The van der Waals surface area contributed by atoms with Gasteiger partial charge in [0, 0.05) is 55.8 Å². The maximum Gasteiger partial charge on any atom is 0.410 e. The fourth-order valence-corrected chi connectivity index (χ4v) is 3.74. The zero-order valence-electron chi connectivity index (χ0n) is 16.3. The van der Waals surface area contributed by atoms with Crippen LogP contribution in [0.4, 0.5) is 10.5 Å². The molecule has 0 aliphatic carbocycles. The van der Waals surface area contributed by atoms with Crippen molar-refractivity contribution in [2.45, 2.75) is 32.8 Å². The Kier molecular flexibility index (Phi) is 6.01. The highest BCUT2D eigenvalue weighted by Crippen LogP contribution is 2.23. The lowest BCUT2D eigenvalue weighted by Gasteiger charge is -2.35. The minimum atomic E-state index is -0.443. The van der Waals surface area contributed by atoms with Gasteiger partial charge < -0.3 is 15.4 Å². The number of hydrogen-bond donors (Lipinski definition) is 1. The number of amides is 1. The topological polar surface area (TPSA) is 71.7 Å². The van der Waals surface area contributed by atoms with Crippen LogP contribution in [0.3, 0.4) is 0 Å². The van der Waals surface area contributed by atoms with E-state index in [1.807, 2.05) is 45.0 Å². The number of ether oxygens (including phenoxy) is 1. The number of nitrogen functional groups attached to an aromatic ring is 1. The Morgan fingerprint density at radius 2 is 1.85 bits per heavy atom. The summed E-state index contributed by atoms with van der Waals surface area (Å²) < 4.78 is 5.45. The van der Waals surface area contributed by atoms with Crippen molar-refractivity contribution in [2.75, 3.05) is 38.5 Å². The fourth-order valence-electron chi connectivity index (χ4n) is 2.95. The van der Waals surface area contributed by atoms with Gasteiger partial charge in [-0.25, -0.2) is 9.78 Å². The van der Waals surface area contributed by atoms with Crippen LogP contribution in [0.15, 0.2) is 29.6 Å². The van der Waals surface area contributed by atoms with Gasteiger partial charge in [0.2, 0.25) is 0 Å². The van der Waals surface area contributed by atoms with Gasteiger partial charge in [-0.3, -0.25) is 4.90 Å². The standard InChI is InChI=1S/C20H28N4O2S/c1-20(2,3)26-19(25)24-12-10-23(11-13-24)9-8-18-22-17(14-27-18)15-4-6-16(21)7-5-15/h4-7,14H,8-13,21H2,1-3H3. The molecule has 7 heteroatoms. The third-order valence-electron chi connectivity index (χ3n) is 4.42. The summed E-state index contributed by atoms with van der Waals surface area (Å²) in [4.78, 5) is 21.0. The molecule has 1 aromatic heterocycles. The van der Waals surface area contributed by atoms with E-state index >= 15 is 0 Å². The van der Waals surface area contributed by atoms with E-state index in [4.69, 9.17) is 15.5 Å². The molecule has 0 saturated carbocycles. The number of thiazole rings is 1. The largest absolute Gasteiger partial charge is 0.444 e. The molecular formula is C20H28N4O2S. The van der Waals surface area contributed by atoms with E-state index in [1.54, 1.807) is 16.2 Å². The highest BCUT2D eigenvalue weighted by molar-refractivity contribution is 7.09. The quantitative estimate of drug-likeness (QED) is 0.812. The smallest absolute Gasteiger partial charge is 0.410 e. The first-order chi connectivity index (χ1) is 12.8. The molecule has 0 spiro atoms. The number of nitrogens with zero attached hydrogens (tertiary/aromatic N) is 3. The molecular weight excluding hydrogens is 360 g/mol. The monoisotopic (exact) mass is 388 g/mol. The number of piperazine rings is 1. The van der Waals surface area contributed by atoms with Gasteiger partial charge in [0.15, 0.2) is 0 Å². The molecule has 0 bridgehead atoms. The van der Waals surface area contributed by atoms with Crippen LogP contribution in [-0.4, -0.2) is 59.2 Å².